The van der Waals surface area contributed by atoms with Crippen LogP contribution in [0.3, 0.4) is 0 Å². The number of nitrogens with zero attached hydrogens (tertiary/aromatic N) is 1. The van der Waals surface area contributed by atoms with Gasteiger partial charge in [0.2, 0.25) is 0 Å². The topological polar surface area (TPSA) is 40.4 Å². The monoisotopic (exact) mass is 357 g/mol. The van der Waals surface area contributed by atoms with E-state index in [1.165, 1.54) is 18.4 Å². The summed E-state index contributed by atoms with van der Waals surface area (Å²) in [5, 5.41) is 7.27. The Kier molecular flexibility index (Phi) is 6.10. The maximum atomic E-state index is 5.65. The highest BCUT2D eigenvalue weighted by Gasteiger charge is 2.25. The van der Waals surface area contributed by atoms with Gasteiger partial charge in [-0.25, -0.2) is 0 Å². The van der Waals surface area contributed by atoms with Gasteiger partial charge in [-0.05, 0) is 73.9 Å². The van der Waals surface area contributed by atoms with Crippen LogP contribution in [0.5, 0.6) is 0 Å². The zero-order valence-electron chi connectivity index (χ0n) is 15.0. The van der Waals surface area contributed by atoms with E-state index in [2.05, 4.69) is 53.6 Å². The number of thiocarbonyl (C=S) groups is 1. The number of hydrogen-bond donors (Lipinski definition) is 2. The van der Waals surface area contributed by atoms with Crippen LogP contribution in [0.4, 0.5) is 5.69 Å². The van der Waals surface area contributed by atoms with Crippen molar-refractivity contribution in [3.8, 4) is 0 Å². The minimum absolute atomic E-state index is 0.223. The quantitative estimate of drug-likeness (QED) is 0.744. The molecular weight excluding hydrogens is 330 g/mol. The number of anilines is 1. The first kappa shape index (κ1) is 18.0. The highest BCUT2D eigenvalue weighted by atomic mass is 32.1. The minimum atomic E-state index is 0.223. The standard InChI is InChI=1S/C20H27N3OS/c1-15(2)16-7-9-17(10-8-16)22-20(25)21-14-18(19-6-5-13-24-19)23-11-3-4-12-23/h5-10,13,15,18H,3-4,11-12,14H2,1-2H3,(H2,21,22,25). The highest BCUT2D eigenvalue weighted by Crippen LogP contribution is 2.25. The van der Waals surface area contributed by atoms with Gasteiger partial charge in [0.15, 0.2) is 5.11 Å². The van der Waals surface area contributed by atoms with Crippen LogP contribution in [0.1, 0.15) is 50.0 Å². The molecule has 0 bridgehead atoms. The number of benzene rings is 1. The first-order chi connectivity index (χ1) is 12.1. The number of furan rings is 1. The molecule has 1 unspecified atom stereocenters. The summed E-state index contributed by atoms with van der Waals surface area (Å²) in [5.41, 5.74) is 2.34. The predicted molar refractivity (Wildman–Crippen MR) is 107 cm³/mol. The Morgan fingerprint density at radius 1 is 1.16 bits per heavy atom. The van der Waals surface area contributed by atoms with Gasteiger partial charge in [-0.3, -0.25) is 4.90 Å². The molecule has 1 atom stereocenters. The van der Waals surface area contributed by atoms with Gasteiger partial charge in [-0.2, -0.15) is 0 Å². The molecule has 0 radical (unpaired) electrons. The molecule has 1 fully saturated rings. The molecule has 1 aromatic carbocycles. The Morgan fingerprint density at radius 3 is 2.48 bits per heavy atom. The van der Waals surface area contributed by atoms with E-state index in [9.17, 15) is 0 Å². The highest BCUT2D eigenvalue weighted by molar-refractivity contribution is 7.80. The third-order valence-electron chi connectivity index (χ3n) is 4.74. The van der Waals surface area contributed by atoms with Crippen molar-refractivity contribution in [2.45, 2.75) is 38.6 Å². The van der Waals surface area contributed by atoms with E-state index < -0.39 is 0 Å². The lowest BCUT2D eigenvalue weighted by Gasteiger charge is -2.26. The van der Waals surface area contributed by atoms with E-state index in [0.717, 1.165) is 31.1 Å². The Bertz CT molecular complexity index is 661. The normalized spacial score (nSPS) is 16.1. The van der Waals surface area contributed by atoms with Crippen molar-refractivity contribution in [3.05, 3.63) is 54.0 Å². The van der Waals surface area contributed by atoms with Crippen LogP contribution in [0, 0.1) is 0 Å². The van der Waals surface area contributed by atoms with E-state index in [1.54, 1.807) is 6.26 Å². The van der Waals surface area contributed by atoms with Gasteiger partial charge in [0.1, 0.15) is 5.76 Å². The van der Waals surface area contributed by atoms with Gasteiger partial charge in [0, 0.05) is 12.2 Å². The molecule has 2 aromatic rings. The van der Waals surface area contributed by atoms with Crippen LogP contribution in [0.2, 0.25) is 0 Å². The fraction of sp³-hybridized carbons (Fsp3) is 0.450. The maximum Gasteiger partial charge on any atom is 0.170 e. The fourth-order valence-corrected chi connectivity index (χ4v) is 3.46. The Hall–Kier alpha value is -1.85. The van der Waals surface area contributed by atoms with Gasteiger partial charge in [-0.1, -0.05) is 26.0 Å². The van der Waals surface area contributed by atoms with Crippen molar-refractivity contribution >= 4 is 23.0 Å². The first-order valence-electron chi connectivity index (χ1n) is 9.06. The van der Waals surface area contributed by atoms with Gasteiger partial charge in [-0.15, -0.1) is 0 Å². The molecule has 134 valence electrons. The summed E-state index contributed by atoms with van der Waals surface area (Å²) in [6, 6.07) is 12.7. The molecule has 1 aromatic heterocycles. The fourth-order valence-electron chi connectivity index (χ4n) is 3.26. The Labute approximate surface area is 155 Å². The molecular formula is C20H27N3OS. The average Bonchev–Trinajstić information content (AvgIpc) is 3.29. The molecule has 3 rings (SSSR count). The van der Waals surface area contributed by atoms with E-state index in [-0.39, 0.29) is 6.04 Å². The van der Waals surface area contributed by atoms with Crippen molar-refractivity contribution in [1.82, 2.24) is 10.2 Å². The average molecular weight is 358 g/mol. The third-order valence-corrected chi connectivity index (χ3v) is 4.99. The summed E-state index contributed by atoms with van der Waals surface area (Å²) in [5.74, 6) is 1.53. The van der Waals surface area contributed by atoms with Crippen molar-refractivity contribution in [3.63, 3.8) is 0 Å². The van der Waals surface area contributed by atoms with Crippen LogP contribution in [0.25, 0.3) is 0 Å². The van der Waals surface area contributed by atoms with E-state index in [0.29, 0.717) is 11.0 Å². The summed E-state index contributed by atoms with van der Waals surface area (Å²) in [4.78, 5) is 2.46. The SMILES string of the molecule is CC(C)c1ccc(NC(=S)NCC(c2ccco2)N2CCCC2)cc1. The van der Waals surface area contributed by atoms with Gasteiger partial charge < -0.3 is 15.1 Å². The Balaban J connectivity index is 1.56. The van der Waals surface area contributed by atoms with E-state index in [1.807, 2.05) is 12.1 Å². The second kappa shape index (κ2) is 8.50. The van der Waals surface area contributed by atoms with Gasteiger partial charge >= 0.3 is 0 Å². The maximum absolute atomic E-state index is 5.65. The smallest absolute Gasteiger partial charge is 0.170 e. The van der Waals surface area contributed by atoms with Crippen molar-refractivity contribution in [1.29, 1.82) is 0 Å². The molecule has 2 heterocycles. The van der Waals surface area contributed by atoms with Crippen LogP contribution < -0.4 is 10.6 Å². The first-order valence-corrected chi connectivity index (χ1v) is 9.46. The number of rotatable bonds is 6. The minimum Gasteiger partial charge on any atom is -0.468 e. The van der Waals surface area contributed by atoms with Crippen LogP contribution in [-0.2, 0) is 0 Å². The van der Waals surface area contributed by atoms with Crippen LogP contribution in [0.15, 0.2) is 47.1 Å². The summed E-state index contributed by atoms with van der Waals surface area (Å²) in [6.45, 7) is 7.36. The number of likely N-dealkylation sites (tertiary alicyclic amines) is 1. The molecule has 5 heteroatoms. The van der Waals surface area contributed by atoms with E-state index >= 15 is 0 Å². The lowest BCUT2D eigenvalue weighted by Crippen LogP contribution is -2.38. The number of hydrogen-bond acceptors (Lipinski definition) is 3. The molecule has 2 N–H and O–H groups in total. The predicted octanol–water partition coefficient (Wildman–Crippen LogP) is 4.53. The zero-order valence-corrected chi connectivity index (χ0v) is 15.8. The van der Waals surface area contributed by atoms with Crippen LogP contribution in [-0.4, -0.2) is 29.6 Å². The summed E-state index contributed by atoms with van der Waals surface area (Å²) >= 11 is 5.47. The Morgan fingerprint density at radius 2 is 1.88 bits per heavy atom. The molecule has 0 aliphatic carbocycles. The molecule has 0 saturated carbocycles. The molecule has 1 aliphatic rings. The van der Waals surface area contributed by atoms with Gasteiger partial charge in [0.25, 0.3) is 0 Å². The lowest BCUT2D eigenvalue weighted by molar-refractivity contribution is 0.216. The molecule has 4 nitrogen and oxygen atoms in total. The molecule has 25 heavy (non-hydrogen) atoms. The lowest BCUT2D eigenvalue weighted by atomic mass is 10.0. The molecule has 1 aliphatic heterocycles. The van der Waals surface area contributed by atoms with Crippen molar-refractivity contribution in [2.75, 3.05) is 25.0 Å². The second-order valence-corrected chi connectivity index (χ2v) is 7.29. The molecule has 0 spiro atoms. The second-order valence-electron chi connectivity index (χ2n) is 6.89. The molecule has 1 saturated heterocycles. The summed E-state index contributed by atoms with van der Waals surface area (Å²) < 4.78 is 5.65. The summed E-state index contributed by atoms with van der Waals surface area (Å²) in [6.07, 6.45) is 4.25. The molecule has 0 amide bonds. The largest absolute Gasteiger partial charge is 0.468 e. The summed E-state index contributed by atoms with van der Waals surface area (Å²) in [7, 11) is 0. The van der Waals surface area contributed by atoms with Crippen molar-refractivity contribution < 1.29 is 4.42 Å². The van der Waals surface area contributed by atoms with Crippen molar-refractivity contribution in [2.24, 2.45) is 0 Å². The van der Waals surface area contributed by atoms with Gasteiger partial charge in [0.05, 0.1) is 12.3 Å². The number of nitrogens with one attached hydrogen (secondary N) is 2. The zero-order chi connectivity index (χ0) is 17.6. The third kappa shape index (κ3) is 4.83. The van der Waals surface area contributed by atoms with Crippen LogP contribution >= 0.6 is 12.2 Å². The van der Waals surface area contributed by atoms with E-state index in [4.69, 9.17) is 16.6 Å².